The van der Waals surface area contributed by atoms with Gasteiger partial charge in [-0.05, 0) is 43.5 Å². The van der Waals surface area contributed by atoms with Crippen LogP contribution in [-0.4, -0.2) is 72.6 Å². The molecule has 3 aliphatic rings. The lowest BCUT2D eigenvalue weighted by molar-refractivity contribution is -0.384. The second-order valence-corrected chi connectivity index (χ2v) is 14.0. The highest BCUT2D eigenvalue weighted by molar-refractivity contribution is 7.72. The van der Waals surface area contributed by atoms with Gasteiger partial charge in [0.2, 0.25) is 0 Å². The van der Waals surface area contributed by atoms with Gasteiger partial charge >= 0.3 is 0 Å². The molecule has 3 aromatic carbocycles. The zero-order valence-electron chi connectivity index (χ0n) is 23.4. The van der Waals surface area contributed by atoms with Crippen LogP contribution in [-0.2, 0) is 4.74 Å². The molecule has 0 radical (unpaired) electrons. The SMILES string of the molecule is O=[N+]([O-])c1ccc(N=[P@@](c2ccccc2)([C@H]2CCCC=C2N2CCOCC2)N2CCN(c3ccccc3)CC2)cc1. The van der Waals surface area contributed by atoms with Crippen molar-refractivity contribution in [1.29, 1.82) is 0 Å². The van der Waals surface area contributed by atoms with Crippen LogP contribution in [0.3, 0.4) is 0 Å². The Morgan fingerprint density at radius 2 is 1.46 bits per heavy atom. The van der Waals surface area contributed by atoms with Gasteiger partial charge in [-0.15, -0.1) is 0 Å². The molecule has 2 aliphatic heterocycles. The number of hydrogen-bond acceptors (Lipinski definition) is 6. The van der Waals surface area contributed by atoms with Crippen molar-refractivity contribution in [3.8, 4) is 0 Å². The number of nitrogens with zero attached hydrogens (tertiary/aromatic N) is 5. The Morgan fingerprint density at radius 3 is 2.12 bits per heavy atom. The smallest absolute Gasteiger partial charge is 0.269 e. The van der Waals surface area contributed by atoms with E-state index in [0.717, 1.165) is 77.4 Å². The van der Waals surface area contributed by atoms with Crippen LogP contribution in [0.2, 0.25) is 0 Å². The molecule has 0 bridgehead atoms. The number of ether oxygens (including phenoxy) is 1. The lowest BCUT2D eigenvalue weighted by Gasteiger charge is -2.49. The third kappa shape index (κ3) is 5.82. The van der Waals surface area contributed by atoms with E-state index in [2.05, 4.69) is 81.2 Å². The molecule has 1 aliphatic carbocycles. The Kier molecular flexibility index (Phi) is 8.51. The van der Waals surface area contributed by atoms with E-state index in [4.69, 9.17) is 9.48 Å². The molecule has 0 amide bonds. The maximum Gasteiger partial charge on any atom is 0.269 e. The van der Waals surface area contributed by atoms with Crippen molar-refractivity contribution < 1.29 is 9.66 Å². The molecular weight excluding hydrogens is 533 g/mol. The topological polar surface area (TPSA) is 74.4 Å². The molecule has 41 heavy (non-hydrogen) atoms. The van der Waals surface area contributed by atoms with E-state index in [1.165, 1.54) is 16.7 Å². The van der Waals surface area contributed by atoms with Crippen molar-refractivity contribution in [3.63, 3.8) is 0 Å². The molecule has 3 aromatic rings. The van der Waals surface area contributed by atoms with Crippen LogP contribution in [0.4, 0.5) is 17.1 Å². The number of nitro groups is 1. The third-order valence-electron chi connectivity index (χ3n) is 8.46. The molecule has 2 saturated heterocycles. The number of nitro benzene ring substituents is 1. The van der Waals surface area contributed by atoms with E-state index in [0.29, 0.717) is 0 Å². The Labute approximate surface area is 242 Å². The minimum atomic E-state index is -2.39. The summed E-state index contributed by atoms with van der Waals surface area (Å²) in [6, 6.07) is 28.4. The van der Waals surface area contributed by atoms with Crippen LogP contribution >= 0.6 is 7.21 Å². The fraction of sp³-hybridized carbons (Fsp3) is 0.375. The highest BCUT2D eigenvalue weighted by Crippen LogP contribution is 2.63. The first-order valence-corrected chi connectivity index (χ1v) is 16.4. The fourth-order valence-corrected chi connectivity index (χ4v) is 11.0. The highest BCUT2D eigenvalue weighted by Gasteiger charge is 2.43. The van der Waals surface area contributed by atoms with Gasteiger partial charge in [0.1, 0.15) is 0 Å². The van der Waals surface area contributed by atoms with Crippen molar-refractivity contribution in [2.24, 2.45) is 4.74 Å². The molecule has 9 heteroatoms. The molecule has 2 fully saturated rings. The van der Waals surface area contributed by atoms with Crippen LogP contribution in [0.15, 0.2) is 101 Å². The summed E-state index contributed by atoms with van der Waals surface area (Å²) in [5.41, 5.74) is 3.82. The third-order valence-corrected chi connectivity index (χ3v) is 12.7. The predicted molar refractivity (Wildman–Crippen MR) is 167 cm³/mol. The highest BCUT2D eigenvalue weighted by atomic mass is 31.2. The first-order valence-electron chi connectivity index (χ1n) is 14.7. The maximum atomic E-state index is 11.4. The van der Waals surface area contributed by atoms with E-state index >= 15 is 0 Å². The van der Waals surface area contributed by atoms with E-state index < -0.39 is 7.21 Å². The average molecular weight is 572 g/mol. The molecule has 8 nitrogen and oxygen atoms in total. The molecule has 2 heterocycles. The van der Waals surface area contributed by atoms with E-state index in [-0.39, 0.29) is 16.3 Å². The second kappa shape index (κ2) is 12.6. The lowest BCUT2D eigenvalue weighted by atomic mass is 10.0. The number of hydrogen-bond donors (Lipinski definition) is 0. The zero-order valence-corrected chi connectivity index (χ0v) is 24.3. The Bertz CT molecular complexity index is 1400. The summed E-state index contributed by atoms with van der Waals surface area (Å²) in [6.45, 7) is 6.95. The summed E-state index contributed by atoms with van der Waals surface area (Å²) in [7, 11) is -2.39. The lowest BCUT2D eigenvalue weighted by Crippen LogP contribution is -2.49. The fourth-order valence-electron chi connectivity index (χ4n) is 6.46. The Morgan fingerprint density at radius 1 is 0.805 bits per heavy atom. The normalized spacial score (nSPS) is 21.6. The van der Waals surface area contributed by atoms with Gasteiger partial charge in [-0.2, -0.15) is 0 Å². The zero-order chi connectivity index (χ0) is 28.1. The van der Waals surface area contributed by atoms with Gasteiger partial charge in [0, 0.05) is 68.1 Å². The van der Waals surface area contributed by atoms with Crippen molar-refractivity contribution in [2.45, 2.75) is 24.9 Å². The van der Waals surface area contributed by atoms with E-state index in [1.807, 2.05) is 12.1 Å². The van der Waals surface area contributed by atoms with Gasteiger partial charge in [-0.1, -0.05) is 54.6 Å². The summed E-state index contributed by atoms with van der Waals surface area (Å²) < 4.78 is 14.2. The molecule has 0 N–H and O–H groups in total. The summed E-state index contributed by atoms with van der Waals surface area (Å²) in [5.74, 6) is 0. The van der Waals surface area contributed by atoms with Crippen molar-refractivity contribution in [3.05, 3.63) is 107 Å². The average Bonchev–Trinajstić information content (AvgIpc) is 3.05. The van der Waals surface area contributed by atoms with Crippen LogP contribution in [0, 0.1) is 10.1 Å². The summed E-state index contributed by atoms with van der Waals surface area (Å²) in [5, 5.41) is 12.7. The summed E-state index contributed by atoms with van der Waals surface area (Å²) >= 11 is 0. The monoisotopic (exact) mass is 571 g/mol. The Hall–Kier alpha value is -3.45. The number of piperazine rings is 1. The Balaban J connectivity index is 1.49. The van der Waals surface area contributed by atoms with E-state index in [9.17, 15) is 10.1 Å². The molecule has 2 atom stereocenters. The molecule has 0 spiro atoms. The number of morpholine rings is 1. The van der Waals surface area contributed by atoms with Gasteiger partial charge < -0.3 is 14.5 Å². The van der Waals surface area contributed by atoms with Crippen LogP contribution in [0.5, 0.6) is 0 Å². The molecule has 6 rings (SSSR count). The van der Waals surface area contributed by atoms with Gasteiger partial charge in [0.05, 0.1) is 36.7 Å². The maximum absolute atomic E-state index is 11.4. The van der Waals surface area contributed by atoms with Crippen molar-refractivity contribution in [1.82, 2.24) is 9.57 Å². The molecular formula is C32H38N5O3P. The minimum Gasteiger partial charge on any atom is -0.378 e. The van der Waals surface area contributed by atoms with Gasteiger partial charge in [-0.3, -0.25) is 14.8 Å². The molecule has 0 saturated carbocycles. The number of anilines is 1. The predicted octanol–water partition coefficient (Wildman–Crippen LogP) is 6.26. The van der Waals surface area contributed by atoms with Gasteiger partial charge in [-0.25, -0.2) is 4.74 Å². The second-order valence-electron chi connectivity index (χ2n) is 10.8. The summed E-state index contributed by atoms with van der Waals surface area (Å²) in [6.07, 6.45) is 5.74. The standard InChI is InChI=1S/C32H38N5O3P/c38-37(39)29-17-15-27(16-18-29)33-41(30-11-5-2-6-12-30,32-14-8-7-13-31(32)35-23-25-40-26-24-35)36-21-19-34(20-22-36)28-9-3-1-4-10-28/h1-6,9-13,15-18,32H,7-8,14,19-26H2/t32-,41+/m0/s1. The number of rotatable bonds is 7. The van der Waals surface area contributed by atoms with Crippen molar-refractivity contribution >= 4 is 29.6 Å². The minimum absolute atomic E-state index is 0.0932. The number of non-ortho nitro benzene ring substituents is 1. The number of para-hydroxylation sites is 1. The van der Waals surface area contributed by atoms with Crippen LogP contribution in [0.1, 0.15) is 19.3 Å². The first kappa shape index (κ1) is 27.7. The summed E-state index contributed by atoms with van der Waals surface area (Å²) in [4.78, 5) is 16.1. The van der Waals surface area contributed by atoms with Crippen molar-refractivity contribution in [2.75, 3.05) is 57.4 Å². The number of allylic oxidation sites excluding steroid dienone is 2. The largest absolute Gasteiger partial charge is 0.378 e. The molecule has 0 aromatic heterocycles. The van der Waals surface area contributed by atoms with Crippen LogP contribution in [0.25, 0.3) is 0 Å². The van der Waals surface area contributed by atoms with Gasteiger partial charge in [0.25, 0.3) is 5.69 Å². The van der Waals surface area contributed by atoms with E-state index in [1.54, 1.807) is 12.1 Å². The van der Waals surface area contributed by atoms with Gasteiger partial charge in [0.15, 0.2) is 0 Å². The van der Waals surface area contributed by atoms with Crippen LogP contribution < -0.4 is 10.2 Å². The first-order chi connectivity index (χ1) is 20.1. The molecule has 0 unspecified atom stereocenters. The quantitative estimate of drug-likeness (QED) is 0.189. The number of benzene rings is 3. The molecule has 214 valence electrons.